The van der Waals surface area contributed by atoms with E-state index in [1.165, 1.54) is 0 Å². The fraction of sp³-hybridized carbons (Fsp3) is 0. The Hall–Kier alpha value is -3.65. The molecular formula is C8O18Pu. The third-order valence-corrected chi connectivity index (χ3v) is 1.000. The van der Waals surface area contributed by atoms with Gasteiger partial charge in [-0.2, -0.15) is 0 Å². The summed E-state index contributed by atoms with van der Waals surface area (Å²) < 4.78 is 19.1. The number of ether oxygens (including phenoxy) is 6. The molecule has 0 aliphatic carbocycles. The van der Waals surface area contributed by atoms with Crippen molar-refractivity contribution in [3.63, 3.8) is 0 Å². The van der Waals surface area contributed by atoms with Crippen LogP contribution in [-0.4, -0.2) is 49.2 Å². The molecule has 0 saturated heterocycles. The molecule has 0 rings (SSSR count). The fourth-order valence-corrected chi connectivity index (χ4v) is 0.492. The van der Waals surface area contributed by atoms with Gasteiger partial charge in [0.25, 0.3) is 24.6 Å². The van der Waals surface area contributed by atoms with Gasteiger partial charge in [0, 0.05) is 0 Å². The molecule has 0 N–H and O–H groups in total. The molecule has 0 saturated carbocycles. The van der Waals surface area contributed by atoms with E-state index >= 15 is 0 Å². The quantitative estimate of drug-likeness (QED) is 0.140. The fourth-order valence-electron chi connectivity index (χ4n) is 0.492. The van der Waals surface area contributed by atoms with E-state index in [1.807, 2.05) is 0 Å². The van der Waals surface area contributed by atoms with Gasteiger partial charge in [-0.3, -0.25) is 0 Å². The van der Waals surface area contributed by atoms with Gasteiger partial charge >= 0.3 is 53.8 Å². The third-order valence-electron chi connectivity index (χ3n) is 1.000. The minimum Gasteiger partial charge on any atom is -0.452 e. The number of carbonyl (C=O) groups excluding carboxylic acids is 8. The maximum Gasteiger partial charge on any atom is 4.00 e. The Morgan fingerprint density at radius 2 is 0.519 bits per heavy atom. The van der Waals surface area contributed by atoms with Crippen molar-refractivity contribution in [3.05, 3.63) is 0 Å². The molecule has 0 fully saturated rings. The van der Waals surface area contributed by atoms with Gasteiger partial charge in [0.1, 0.15) is 0 Å². The van der Waals surface area contributed by atoms with E-state index in [9.17, 15) is 58.8 Å². The topological polar surface area (TPSA) is 284 Å². The van der Waals surface area contributed by atoms with E-state index in [4.69, 9.17) is 0 Å². The average Bonchev–Trinajstić information content (AvgIpc) is 2.33. The molecule has 0 unspecified atom stereocenters. The molecule has 19 heteroatoms. The summed E-state index contributed by atoms with van der Waals surface area (Å²) in [6, 6.07) is 0. The van der Waals surface area contributed by atoms with Crippen LogP contribution < -0.4 is 20.4 Å². The largest absolute Gasteiger partial charge is 4.00 e. The van der Waals surface area contributed by atoms with Crippen molar-refractivity contribution < 1.29 is 116 Å². The average molecular weight is 628 g/mol. The first-order valence-corrected chi connectivity index (χ1v) is 4.90. The predicted molar refractivity (Wildman–Crippen MR) is 49.7 cm³/mol. The second-order valence-corrected chi connectivity index (χ2v) is 2.61. The SMILES string of the molecule is O=C([O-])OC(=O)OC(=O)OC(=O)[O-].O=C([O-])OC(=O)OC(=O)OC(=O)[O-].[Pu+4]. The zero-order valence-corrected chi connectivity index (χ0v) is 15.2. The van der Waals surface area contributed by atoms with E-state index in [0.29, 0.717) is 0 Å². The second-order valence-electron chi connectivity index (χ2n) is 2.61. The van der Waals surface area contributed by atoms with Crippen LogP contribution >= 0.6 is 0 Å². The predicted octanol–water partition coefficient (Wildman–Crippen LogP) is -4.07. The molecule has 0 aromatic carbocycles. The molecule has 27 heavy (non-hydrogen) atoms. The summed E-state index contributed by atoms with van der Waals surface area (Å²) in [5.41, 5.74) is 0. The molecule has 146 valence electrons. The summed E-state index contributed by atoms with van der Waals surface area (Å²) in [4.78, 5) is 78.3. The van der Waals surface area contributed by atoms with Gasteiger partial charge in [-0.15, -0.1) is 0 Å². The van der Waals surface area contributed by atoms with Gasteiger partial charge in [0.2, 0.25) is 0 Å². The summed E-state index contributed by atoms with van der Waals surface area (Å²) in [5, 5.41) is 38.0. The molecule has 0 amide bonds. The van der Waals surface area contributed by atoms with Crippen molar-refractivity contribution in [2.75, 3.05) is 0 Å². The molecule has 0 aromatic heterocycles. The molecule has 0 aliphatic rings. The van der Waals surface area contributed by atoms with Crippen molar-refractivity contribution >= 4 is 49.2 Å². The number of rotatable bonds is 0. The number of hydrogen-bond acceptors (Lipinski definition) is 18. The second kappa shape index (κ2) is 14.7. The zero-order valence-electron chi connectivity index (χ0n) is 11.8. The van der Waals surface area contributed by atoms with Crippen molar-refractivity contribution in [1.29, 1.82) is 0 Å². The van der Waals surface area contributed by atoms with Crippen LogP contribution in [0.3, 0.4) is 0 Å². The Balaban J connectivity index is -0.000000411. The Kier molecular flexibility index (Phi) is 15.3. The molecule has 0 spiro atoms. The molecule has 0 heterocycles. The van der Waals surface area contributed by atoms with Crippen LogP contribution in [0.25, 0.3) is 0 Å². The Morgan fingerprint density at radius 1 is 0.370 bits per heavy atom. The van der Waals surface area contributed by atoms with Crippen LogP contribution in [0.2, 0.25) is 0 Å². The molecule has 0 aliphatic heterocycles. The third kappa shape index (κ3) is 22.3. The van der Waals surface area contributed by atoms with Crippen LogP contribution in [-0.2, 0) is 28.4 Å². The van der Waals surface area contributed by atoms with Gasteiger partial charge in [0.05, 0.1) is 0 Å². The normalized spacial score (nSPS) is 8.00. The zero-order chi connectivity index (χ0) is 20.9. The van der Waals surface area contributed by atoms with Crippen LogP contribution in [0, 0.1) is 29.2 Å². The Bertz CT molecular complexity index is 513. The van der Waals surface area contributed by atoms with Crippen LogP contribution in [0.5, 0.6) is 0 Å². The summed E-state index contributed by atoms with van der Waals surface area (Å²) in [7, 11) is 0. The molecule has 0 atom stereocenters. The van der Waals surface area contributed by atoms with E-state index in [1.54, 1.807) is 0 Å². The number of hydrogen-bond donors (Lipinski definition) is 0. The minimum atomic E-state index is -2.27. The van der Waals surface area contributed by atoms with Gasteiger partial charge in [0.15, 0.2) is 0 Å². The minimum absolute atomic E-state index is 0. The Morgan fingerprint density at radius 3 is 0.630 bits per heavy atom. The summed E-state index contributed by atoms with van der Waals surface area (Å²) in [6.07, 6.45) is -17.1. The molecular weight excluding hydrogens is 628 g/mol. The van der Waals surface area contributed by atoms with Crippen molar-refractivity contribution in [2.45, 2.75) is 0 Å². The first kappa shape index (κ1) is 28.2. The number of carbonyl (C=O) groups is 8. The summed E-state index contributed by atoms with van der Waals surface area (Å²) >= 11 is 0. The summed E-state index contributed by atoms with van der Waals surface area (Å²) in [6.45, 7) is 0. The monoisotopic (exact) mass is 622 g/mol. The van der Waals surface area contributed by atoms with Crippen LogP contribution in [0.15, 0.2) is 0 Å². The van der Waals surface area contributed by atoms with Crippen LogP contribution in [0.4, 0.5) is 38.4 Å². The first-order valence-electron chi connectivity index (χ1n) is 4.90. The van der Waals surface area contributed by atoms with E-state index in [0.717, 1.165) is 0 Å². The van der Waals surface area contributed by atoms with Crippen molar-refractivity contribution in [2.24, 2.45) is 0 Å². The Labute approximate surface area is 166 Å². The first-order chi connectivity index (χ1) is 11.8. The smallest absolute Gasteiger partial charge is 0.452 e. The molecule has 0 bridgehead atoms. The van der Waals surface area contributed by atoms with Crippen LogP contribution in [0.1, 0.15) is 0 Å². The van der Waals surface area contributed by atoms with E-state index in [2.05, 4.69) is 28.4 Å². The molecule has 0 aromatic rings. The van der Waals surface area contributed by atoms with E-state index < -0.39 is 49.2 Å². The maximum absolute atomic E-state index is 10.1. The van der Waals surface area contributed by atoms with Gasteiger partial charge in [-0.05, 0) is 0 Å². The van der Waals surface area contributed by atoms with Gasteiger partial charge in [-0.1, -0.05) is 0 Å². The molecule has 0 radical (unpaired) electrons. The number of carboxylic acid groups (broad SMARTS) is 4. The maximum atomic E-state index is 10.1. The standard InChI is InChI=1S/2C4H2O9.Pu/c2*5-1(6)11-3(9)13-4(10)12-2(7)8;/h2*(H,5,6)(H,7,8);/q;;+4/p-4. The van der Waals surface area contributed by atoms with Gasteiger partial charge < -0.3 is 68.0 Å². The van der Waals surface area contributed by atoms with Gasteiger partial charge in [-0.25, -0.2) is 19.2 Å². The summed E-state index contributed by atoms with van der Waals surface area (Å²) in [5.74, 6) is 0. The van der Waals surface area contributed by atoms with E-state index in [-0.39, 0.29) is 29.2 Å². The van der Waals surface area contributed by atoms with Crippen molar-refractivity contribution in [1.82, 2.24) is 0 Å². The molecule has 18 nitrogen and oxygen atoms in total. The van der Waals surface area contributed by atoms with Crippen molar-refractivity contribution in [3.8, 4) is 0 Å².